The lowest BCUT2D eigenvalue weighted by atomic mass is 9.81. The first-order chi connectivity index (χ1) is 8.16. The van der Waals surface area contributed by atoms with Crippen LogP contribution in [0.15, 0.2) is 0 Å². The average Bonchev–Trinajstić information content (AvgIpc) is 2.98. The smallest absolute Gasteiger partial charge is 0.226 e. The maximum Gasteiger partial charge on any atom is 0.226 e. The molecule has 0 unspecified atom stereocenters. The SMILES string of the molecule is CCC1(C(=O)NC2(CN)CCCC2)CCCC1. The maximum atomic E-state index is 12.6. The fourth-order valence-corrected chi connectivity index (χ4v) is 3.60. The maximum absolute atomic E-state index is 12.6. The van der Waals surface area contributed by atoms with Gasteiger partial charge in [-0.3, -0.25) is 4.79 Å². The highest BCUT2D eigenvalue weighted by atomic mass is 16.2. The first kappa shape index (κ1) is 12.9. The fourth-order valence-electron chi connectivity index (χ4n) is 3.60. The summed E-state index contributed by atoms with van der Waals surface area (Å²) in [7, 11) is 0. The Hall–Kier alpha value is -0.570. The van der Waals surface area contributed by atoms with Gasteiger partial charge in [0.05, 0.1) is 5.54 Å². The zero-order chi connectivity index (χ0) is 12.4. The van der Waals surface area contributed by atoms with Gasteiger partial charge in [-0.05, 0) is 32.1 Å². The minimum absolute atomic E-state index is 0.0786. The van der Waals surface area contributed by atoms with E-state index in [1.54, 1.807) is 0 Å². The second kappa shape index (κ2) is 4.97. The Balaban J connectivity index is 2.04. The van der Waals surface area contributed by atoms with Crippen molar-refractivity contribution in [3.63, 3.8) is 0 Å². The third-order valence-electron chi connectivity index (χ3n) is 5.05. The van der Waals surface area contributed by atoms with Gasteiger partial charge in [-0.25, -0.2) is 0 Å². The number of carbonyl (C=O) groups excluding carboxylic acids is 1. The lowest BCUT2D eigenvalue weighted by molar-refractivity contribution is -0.133. The minimum atomic E-state index is -0.0815. The molecule has 0 heterocycles. The van der Waals surface area contributed by atoms with E-state index in [4.69, 9.17) is 5.73 Å². The van der Waals surface area contributed by atoms with Crippen molar-refractivity contribution >= 4 is 5.91 Å². The van der Waals surface area contributed by atoms with Gasteiger partial charge in [0.15, 0.2) is 0 Å². The second-order valence-electron chi connectivity index (χ2n) is 5.99. The lowest BCUT2D eigenvalue weighted by Gasteiger charge is -2.35. The standard InChI is InChI=1S/C14H26N2O/c1-2-13(7-3-4-8-13)12(17)16-14(11-15)9-5-6-10-14/h2-11,15H2,1H3,(H,16,17). The highest BCUT2D eigenvalue weighted by Gasteiger charge is 2.43. The van der Waals surface area contributed by atoms with E-state index in [9.17, 15) is 4.79 Å². The molecular formula is C14H26N2O. The topological polar surface area (TPSA) is 55.1 Å². The van der Waals surface area contributed by atoms with Crippen LogP contribution in [0.1, 0.15) is 64.7 Å². The van der Waals surface area contributed by atoms with Gasteiger partial charge in [0, 0.05) is 12.0 Å². The molecule has 0 bridgehead atoms. The molecule has 2 aliphatic carbocycles. The van der Waals surface area contributed by atoms with Crippen LogP contribution >= 0.6 is 0 Å². The largest absolute Gasteiger partial charge is 0.349 e. The first-order valence-corrected chi connectivity index (χ1v) is 7.19. The van der Waals surface area contributed by atoms with E-state index < -0.39 is 0 Å². The summed E-state index contributed by atoms with van der Waals surface area (Å²) in [4.78, 5) is 12.6. The van der Waals surface area contributed by atoms with E-state index in [0.29, 0.717) is 6.54 Å². The van der Waals surface area contributed by atoms with Gasteiger partial charge in [-0.2, -0.15) is 0 Å². The number of hydrogen-bond donors (Lipinski definition) is 2. The van der Waals surface area contributed by atoms with Crippen LogP contribution in [0, 0.1) is 5.41 Å². The Morgan fingerprint density at radius 1 is 1.12 bits per heavy atom. The molecule has 0 spiro atoms. The number of hydrogen-bond acceptors (Lipinski definition) is 2. The van der Waals surface area contributed by atoms with Crippen molar-refractivity contribution in [1.29, 1.82) is 0 Å². The summed E-state index contributed by atoms with van der Waals surface area (Å²) >= 11 is 0. The number of rotatable bonds is 4. The first-order valence-electron chi connectivity index (χ1n) is 7.19. The van der Waals surface area contributed by atoms with E-state index in [2.05, 4.69) is 12.2 Å². The number of carbonyl (C=O) groups is 1. The predicted octanol–water partition coefficient (Wildman–Crippen LogP) is 2.34. The quantitative estimate of drug-likeness (QED) is 0.790. The molecule has 0 aromatic carbocycles. The van der Waals surface area contributed by atoms with Crippen molar-refractivity contribution in [3.8, 4) is 0 Å². The highest BCUT2D eigenvalue weighted by Crippen LogP contribution is 2.42. The van der Waals surface area contributed by atoms with Crippen molar-refractivity contribution in [1.82, 2.24) is 5.32 Å². The Bertz CT molecular complexity index is 276. The third kappa shape index (κ3) is 2.35. The molecule has 17 heavy (non-hydrogen) atoms. The molecule has 0 saturated heterocycles. The normalized spacial score (nSPS) is 26.0. The van der Waals surface area contributed by atoms with E-state index >= 15 is 0 Å². The van der Waals surface area contributed by atoms with Crippen molar-refractivity contribution < 1.29 is 4.79 Å². The van der Waals surface area contributed by atoms with Crippen LogP contribution in [0.25, 0.3) is 0 Å². The fraction of sp³-hybridized carbons (Fsp3) is 0.929. The van der Waals surface area contributed by atoms with Gasteiger partial charge in [0.2, 0.25) is 5.91 Å². The van der Waals surface area contributed by atoms with E-state index in [0.717, 1.165) is 32.1 Å². The van der Waals surface area contributed by atoms with Crippen LogP contribution in [0.2, 0.25) is 0 Å². The Morgan fingerprint density at radius 3 is 2.12 bits per heavy atom. The molecule has 0 aromatic heterocycles. The summed E-state index contributed by atoms with van der Waals surface area (Å²) in [6, 6.07) is 0. The zero-order valence-corrected chi connectivity index (χ0v) is 11.1. The minimum Gasteiger partial charge on any atom is -0.349 e. The van der Waals surface area contributed by atoms with E-state index in [1.807, 2.05) is 0 Å². The van der Waals surface area contributed by atoms with E-state index in [1.165, 1.54) is 25.7 Å². The molecule has 2 fully saturated rings. The van der Waals surface area contributed by atoms with Crippen molar-refractivity contribution in [2.24, 2.45) is 11.1 Å². The monoisotopic (exact) mass is 238 g/mol. The molecule has 0 aromatic rings. The van der Waals surface area contributed by atoms with E-state index in [-0.39, 0.29) is 16.9 Å². The molecule has 0 atom stereocenters. The summed E-state index contributed by atoms with van der Waals surface area (Å²) in [5.74, 6) is 0.282. The van der Waals surface area contributed by atoms with Crippen LogP contribution in [0.5, 0.6) is 0 Å². The Labute approximate surface area is 105 Å². The van der Waals surface area contributed by atoms with Gasteiger partial charge in [0.1, 0.15) is 0 Å². The van der Waals surface area contributed by atoms with Crippen molar-refractivity contribution in [2.45, 2.75) is 70.3 Å². The molecule has 3 nitrogen and oxygen atoms in total. The second-order valence-corrected chi connectivity index (χ2v) is 5.99. The predicted molar refractivity (Wildman–Crippen MR) is 69.6 cm³/mol. The Kier molecular flexibility index (Phi) is 3.76. The Morgan fingerprint density at radius 2 is 1.65 bits per heavy atom. The summed E-state index contributed by atoms with van der Waals surface area (Å²) in [6.07, 6.45) is 10.1. The molecule has 0 aliphatic heterocycles. The van der Waals surface area contributed by atoms with Crippen LogP contribution in [0.3, 0.4) is 0 Å². The average molecular weight is 238 g/mol. The zero-order valence-electron chi connectivity index (χ0n) is 11.1. The molecule has 0 radical (unpaired) electrons. The molecule has 2 rings (SSSR count). The summed E-state index contributed by atoms with van der Waals surface area (Å²) < 4.78 is 0. The van der Waals surface area contributed by atoms with Gasteiger partial charge in [-0.15, -0.1) is 0 Å². The number of nitrogens with two attached hydrogens (primary N) is 1. The lowest BCUT2D eigenvalue weighted by Crippen LogP contribution is -2.55. The van der Waals surface area contributed by atoms with Crippen LogP contribution in [-0.2, 0) is 4.79 Å². The van der Waals surface area contributed by atoms with Crippen LogP contribution in [-0.4, -0.2) is 18.0 Å². The molecule has 3 heteroatoms. The molecule has 2 aliphatic rings. The molecule has 2 saturated carbocycles. The number of nitrogens with one attached hydrogen (secondary N) is 1. The van der Waals surface area contributed by atoms with Crippen LogP contribution in [0.4, 0.5) is 0 Å². The summed E-state index contributed by atoms with van der Waals surface area (Å²) in [5, 5.41) is 3.31. The highest BCUT2D eigenvalue weighted by molar-refractivity contribution is 5.83. The molecule has 3 N–H and O–H groups in total. The van der Waals surface area contributed by atoms with Gasteiger partial charge in [0.25, 0.3) is 0 Å². The van der Waals surface area contributed by atoms with Crippen LogP contribution < -0.4 is 11.1 Å². The summed E-state index contributed by atoms with van der Waals surface area (Å²) in [5.41, 5.74) is 5.73. The van der Waals surface area contributed by atoms with Crippen molar-refractivity contribution in [2.75, 3.05) is 6.54 Å². The van der Waals surface area contributed by atoms with Gasteiger partial charge < -0.3 is 11.1 Å². The van der Waals surface area contributed by atoms with Gasteiger partial charge >= 0.3 is 0 Å². The summed E-state index contributed by atoms with van der Waals surface area (Å²) in [6.45, 7) is 2.74. The number of amides is 1. The van der Waals surface area contributed by atoms with Crippen molar-refractivity contribution in [3.05, 3.63) is 0 Å². The molecule has 98 valence electrons. The third-order valence-corrected chi connectivity index (χ3v) is 5.05. The van der Waals surface area contributed by atoms with Gasteiger partial charge in [-0.1, -0.05) is 32.6 Å². The molecular weight excluding hydrogens is 212 g/mol. The molecule has 1 amide bonds.